The summed E-state index contributed by atoms with van der Waals surface area (Å²) in [6, 6.07) is 19.8. The smallest absolute Gasteiger partial charge is 0.433 e. The summed E-state index contributed by atoms with van der Waals surface area (Å²) in [4.78, 5) is 20.5. The summed E-state index contributed by atoms with van der Waals surface area (Å²) < 4.78 is 39.2. The minimum atomic E-state index is -0.815. The molecule has 0 N–H and O–H groups in total. The molecule has 218 valence electrons. The fraction of sp³-hybridized carbons (Fsp3) is 0.406. The van der Waals surface area contributed by atoms with Crippen molar-refractivity contribution < 1.29 is 33.0 Å². The van der Waals surface area contributed by atoms with E-state index in [1.165, 1.54) is 11.0 Å². The third-order valence-electron chi connectivity index (χ3n) is 7.08. The van der Waals surface area contributed by atoms with Crippen LogP contribution >= 0.6 is 0 Å². The van der Waals surface area contributed by atoms with Crippen molar-refractivity contribution >= 4 is 11.8 Å². The number of rotatable bonds is 9. The summed E-state index contributed by atoms with van der Waals surface area (Å²) in [5.41, 5.74) is 2.32. The Bertz CT molecular complexity index is 1300. The lowest BCUT2D eigenvalue weighted by Crippen LogP contribution is -2.36. The highest BCUT2D eigenvalue weighted by Gasteiger charge is 2.33. The van der Waals surface area contributed by atoms with Crippen LogP contribution in [-0.4, -0.2) is 44.6 Å². The molecule has 3 aromatic carbocycles. The second-order valence-electron chi connectivity index (χ2n) is 11.2. The molecule has 0 spiro atoms. The van der Waals surface area contributed by atoms with Gasteiger partial charge in [-0.15, -0.1) is 5.06 Å². The fourth-order valence-corrected chi connectivity index (χ4v) is 4.83. The lowest BCUT2D eigenvalue weighted by molar-refractivity contribution is -0.226. The van der Waals surface area contributed by atoms with Gasteiger partial charge in [-0.3, -0.25) is 4.90 Å². The van der Waals surface area contributed by atoms with Gasteiger partial charge in [0.2, 0.25) is 0 Å². The summed E-state index contributed by atoms with van der Waals surface area (Å²) >= 11 is 0. The molecule has 0 bridgehead atoms. The molecule has 3 aromatic rings. The quantitative estimate of drug-likeness (QED) is 0.289. The average Bonchev–Trinajstić information content (AvgIpc) is 3.49. The highest BCUT2D eigenvalue weighted by Crippen LogP contribution is 2.38. The molecule has 2 fully saturated rings. The number of carbonyl (C=O) groups excluding carboxylic acids is 1. The number of methoxy groups -OCH3 is 1. The van der Waals surface area contributed by atoms with E-state index < -0.39 is 18.2 Å². The largest absolute Gasteiger partial charge is 0.497 e. The van der Waals surface area contributed by atoms with Gasteiger partial charge in [-0.1, -0.05) is 44.2 Å². The Hall–Kier alpha value is -3.66. The van der Waals surface area contributed by atoms with E-state index in [-0.39, 0.29) is 24.3 Å². The predicted octanol–water partition coefficient (Wildman–Crippen LogP) is 6.64. The van der Waals surface area contributed by atoms with Gasteiger partial charge in [0.15, 0.2) is 17.9 Å². The Balaban J connectivity index is 1.43. The maximum Gasteiger partial charge on any atom is 0.433 e. The van der Waals surface area contributed by atoms with E-state index in [2.05, 4.69) is 0 Å². The molecule has 2 aliphatic rings. The summed E-state index contributed by atoms with van der Waals surface area (Å²) in [6.07, 6.45) is 0.615. The molecule has 0 aliphatic carbocycles. The number of para-hydroxylation sites is 1. The molecule has 0 aromatic heterocycles. The average molecular weight is 565 g/mol. The van der Waals surface area contributed by atoms with Crippen molar-refractivity contribution in [1.29, 1.82) is 0 Å². The van der Waals surface area contributed by atoms with E-state index in [1.807, 2.05) is 68.4 Å². The number of hydroxylamine groups is 2. The fourth-order valence-electron chi connectivity index (χ4n) is 4.83. The molecule has 1 amide bonds. The van der Waals surface area contributed by atoms with Crippen LogP contribution in [0, 0.1) is 11.2 Å². The van der Waals surface area contributed by atoms with Crippen LogP contribution in [0.3, 0.4) is 0 Å². The van der Waals surface area contributed by atoms with E-state index >= 15 is 4.39 Å². The molecule has 2 saturated heterocycles. The maximum absolute atomic E-state index is 15.8. The highest BCUT2D eigenvalue weighted by molar-refractivity contribution is 5.87. The van der Waals surface area contributed by atoms with Crippen molar-refractivity contribution in [1.82, 2.24) is 5.06 Å². The number of ether oxygens (including phenoxy) is 4. The summed E-state index contributed by atoms with van der Waals surface area (Å²) in [7, 11) is 1.60. The van der Waals surface area contributed by atoms with Crippen molar-refractivity contribution in [2.45, 2.75) is 46.1 Å². The highest BCUT2D eigenvalue weighted by atomic mass is 19.1. The van der Waals surface area contributed by atoms with Gasteiger partial charge in [0.1, 0.15) is 12.4 Å². The number of hydrogen-bond donors (Lipinski definition) is 0. The van der Waals surface area contributed by atoms with Crippen LogP contribution in [0.1, 0.15) is 49.7 Å². The Morgan fingerprint density at radius 2 is 1.68 bits per heavy atom. The van der Waals surface area contributed by atoms with Gasteiger partial charge < -0.3 is 23.8 Å². The summed E-state index contributed by atoms with van der Waals surface area (Å²) in [5.74, 6) is 0.215. The van der Waals surface area contributed by atoms with Gasteiger partial charge in [0.25, 0.3) is 0 Å². The normalized spacial score (nSPS) is 17.3. The molecule has 0 radical (unpaired) electrons. The molecule has 41 heavy (non-hydrogen) atoms. The molecular weight excluding hydrogens is 527 g/mol. The maximum atomic E-state index is 15.8. The van der Waals surface area contributed by atoms with Gasteiger partial charge in [-0.05, 0) is 60.4 Å². The van der Waals surface area contributed by atoms with Crippen molar-refractivity contribution in [3.63, 3.8) is 0 Å². The number of amides is 1. The molecular formula is C32H37FN2O6. The Kier molecular flexibility index (Phi) is 9.07. The van der Waals surface area contributed by atoms with Gasteiger partial charge in [-0.25, -0.2) is 9.18 Å². The molecule has 2 aliphatic heterocycles. The van der Waals surface area contributed by atoms with Crippen molar-refractivity contribution in [3.8, 4) is 11.5 Å². The lowest BCUT2D eigenvalue weighted by Gasteiger charge is -2.35. The number of carbonyl (C=O) groups is 1. The summed E-state index contributed by atoms with van der Waals surface area (Å²) in [5, 5.41) is 1.67. The van der Waals surface area contributed by atoms with Crippen LogP contribution in [0.15, 0.2) is 66.7 Å². The topological polar surface area (TPSA) is 69.7 Å². The lowest BCUT2D eigenvalue weighted by atomic mass is 9.95. The minimum absolute atomic E-state index is 0.0557. The van der Waals surface area contributed by atoms with Crippen molar-refractivity contribution in [3.05, 3.63) is 89.2 Å². The third kappa shape index (κ3) is 7.35. The number of nitrogens with zero attached hydrogens (tertiary/aromatic N) is 2. The Labute approximate surface area is 240 Å². The first-order valence-electron chi connectivity index (χ1n) is 13.9. The first-order chi connectivity index (χ1) is 19.8. The van der Waals surface area contributed by atoms with Gasteiger partial charge in [0, 0.05) is 24.2 Å². The van der Waals surface area contributed by atoms with Crippen LogP contribution in [-0.2, 0) is 27.5 Å². The Morgan fingerprint density at radius 3 is 2.34 bits per heavy atom. The van der Waals surface area contributed by atoms with Crippen LogP contribution in [0.5, 0.6) is 11.5 Å². The van der Waals surface area contributed by atoms with Crippen molar-refractivity contribution in [2.75, 3.05) is 38.3 Å². The number of benzene rings is 3. The number of anilines is 1. The Morgan fingerprint density at radius 1 is 1.00 bits per heavy atom. The molecule has 2 heterocycles. The van der Waals surface area contributed by atoms with Crippen LogP contribution in [0.4, 0.5) is 14.9 Å². The molecule has 8 nitrogen and oxygen atoms in total. The summed E-state index contributed by atoms with van der Waals surface area (Å²) in [6.45, 7) is 6.59. The third-order valence-corrected chi connectivity index (χ3v) is 7.08. The second-order valence-corrected chi connectivity index (χ2v) is 11.2. The first-order valence-corrected chi connectivity index (χ1v) is 13.9. The van der Waals surface area contributed by atoms with E-state index in [0.717, 1.165) is 24.2 Å². The van der Waals surface area contributed by atoms with Gasteiger partial charge >= 0.3 is 6.09 Å². The van der Waals surface area contributed by atoms with E-state index in [4.69, 9.17) is 23.8 Å². The molecule has 0 atom stereocenters. The van der Waals surface area contributed by atoms with Crippen LogP contribution < -0.4 is 14.4 Å². The van der Waals surface area contributed by atoms with E-state index in [9.17, 15) is 4.79 Å². The number of halogens is 1. The zero-order chi connectivity index (χ0) is 28.8. The second kappa shape index (κ2) is 12.9. The molecule has 0 saturated carbocycles. The molecule has 5 rings (SSSR count). The van der Waals surface area contributed by atoms with Gasteiger partial charge in [0.05, 0.1) is 32.4 Å². The SMILES string of the molecule is COc1ccc(COc2c(F)cc(CN(C(=O)ON3CCCC3)c3ccccc3)cc2C2OCC(C)(C)CO2)cc1. The van der Waals surface area contributed by atoms with Crippen LogP contribution in [0.2, 0.25) is 0 Å². The minimum Gasteiger partial charge on any atom is -0.497 e. The van der Waals surface area contributed by atoms with E-state index in [1.54, 1.807) is 18.2 Å². The van der Waals surface area contributed by atoms with Gasteiger partial charge in [-0.2, -0.15) is 0 Å². The first kappa shape index (κ1) is 28.9. The molecule has 0 unspecified atom stereocenters. The molecule has 9 heteroatoms. The standard InChI is InChI=1S/C32H37FN2O6/c1-32(2)21-39-30(40-22-32)27-17-24(18-28(33)29(27)38-20-23-11-13-26(37-3)14-12-23)19-35(25-9-5-4-6-10-25)31(36)41-34-15-7-8-16-34/h4-6,9-14,17-18,30H,7-8,15-16,19-22H2,1-3H3. The van der Waals surface area contributed by atoms with Crippen LogP contribution in [0.25, 0.3) is 0 Å². The predicted molar refractivity (Wildman–Crippen MR) is 152 cm³/mol. The zero-order valence-corrected chi connectivity index (χ0v) is 23.8. The monoisotopic (exact) mass is 564 g/mol. The zero-order valence-electron chi connectivity index (χ0n) is 23.8. The van der Waals surface area contributed by atoms with Crippen molar-refractivity contribution in [2.24, 2.45) is 5.41 Å². The van der Waals surface area contributed by atoms with E-state index in [0.29, 0.717) is 43.1 Å². The number of hydrogen-bond acceptors (Lipinski definition) is 7.